The maximum absolute atomic E-state index is 11.7. The monoisotopic (exact) mass is 266 g/mol. The molecule has 0 amide bonds. The molecule has 1 fully saturated rings. The molecule has 0 heterocycles. The number of esters is 2. The van der Waals surface area contributed by atoms with Gasteiger partial charge in [0.1, 0.15) is 0 Å². The first-order chi connectivity index (χ1) is 9.04. The molecular formula is C15H22O4. The molecule has 0 spiro atoms. The second-order valence-corrected chi connectivity index (χ2v) is 5.03. The lowest BCUT2D eigenvalue weighted by atomic mass is 9.86. The van der Waals surface area contributed by atoms with E-state index >= 15 is 0 Å². The van der Waals surface area contributed by atoms with Crippen molar-refractivity contribution in [2.75, 3.05) is 14.2 Å². The molecule has 1 rings (SSSR count). The summed E-state index contributed by atoms with van der Waals surface area (Å²) in [5, 5.41) is 0. The molecule has 0 bridgehead atoms. The lowest BCUT2D eigenvalue weighted by Crippen LogP contribution is -2.38. The van der Waals surface area contributed by atoms with E-state index < -0.39 is 17.4 Å². The number of hydrogen-bond donors (Lipinski definition) is 0. The highest BCUT2D eigenvalue weighted by Gasteiger charge is 2.42. The smallest absolute Gasteiger partial charge is 0.323 e. The van der Waals surface area contributed by atoms with Crippen molar-refractivity contribution in [1.82, 2.24) is 0 Å². The van der Waals surface area contributed by atoms with E-state index in [0.29, 0.717) is 0 Å². The maximum atomic E-state index is 11.7. The van der Waals surface area contributed by atoms with Crippen molar-refractivity contribution in [2.45, 2.75) is 45.4 Å². The van der Waals surface area contributed by atoms with Crippen LogP contribution in [-0.4, -0.2) is 26.2 Å². The first-order valence-electron chi connectivity index (χ1n) is 6.64. The van der Waals surface area contributed by atoms with Crippen LogP contribution < -0.4 is 0 Å². The molecule has 4 nitrogen and oxygen atoms in total. The summed E-state index contributed by atoms with van der Waals surface area (Å²) < 4.78 is 9.37. The molecule has 106 valence electrons. The fourth-order valence-corrected chi connectivity index (χ4v) is 2.22. The number of methoxy groups -OCH3 is 2. The molecule has 1 saturated carbocycles. The number of ether oxygens (including phenoxy) is 2. The first-order valence-corrected chi connectivity index (χ1v) is 6.64. The molecule has 1 aliphatic carbocycles. The topological polar surface area (TPSA) is 52.6 Å². The Hall–Kier alpha value is -1.54. The van der Waals surface area contributed by atoms with Crippen LogP contribution in [0.25, 0.3) is 0 Å². The van der Waals surface area contributed by atoms with Crippen molar-refractivity contribution in [1.29, 1.82) is 0 Å². The Morgan fingerprint density at radius 2 is 1.68 bits per heavy atom. The van der Waals surface area contributed by atoms with Crippen LogP contribution >= 0.6 is 0 Å². The lowest BCUT2D eigenvalue weighted by Gasteiger charge is -2.21. The summed E-state index contributed by atoms with van der Waals surface area (Å²) >= 11 is 0. The van der Waals surface area contributed by atoms with Crippen molar-refractivity contribution in [3.8, 4) is 0 Å². The third kappa shape index (κ3) is 3.97. The van der Waals surface area contributed by atoms with Gasteiger partial charge in [-0.15, -0.1) is 5.73 Å². The Morgan fingerprint density at radius 1 is 1.16 bits per heavy atom. The molecule has 0 N–H and O–H groups in total. The van der Waals surface area contributed by atoms with Gasteiger partial charge in [0, 0.05) is 0 Å². The van der Waals surface area contributed by atoms with E-state index in [-0.39, 0.29) is 6.42 Å². The molecule has 0 radical (unpaired) electrons. The van der Waals surface area contributed by atoms with Crippen LogP contribution in [0.4, 0.5) is 0 Å². The average Bonchev–Trinajstić information content (AvgIpc) is 2.46. The van der Waals surface area contributed by atoms with Gasteiger partial charge in [-0.2, -0.15) is 0 Å². The minimum atomic E-state index is -1.29. The zero-order chi connectivity index (χ0) is 14.3. The molecule has 0 unspecified atom stereocenters. The van der Waals surface area contributed by atoms with Crippen LogP contribution in [0.15, 0.2) is 17.4 Å². The molecule has 19 heavy (non-hydrogen) atoms. The highest BCUT2D eigenvalue weighted by molar-refractivity contribution is 5.99. The molecule has 0 aromatic rings. The highest BCUT2D eigenvalue weighted by atomic mass is 16.5. The number of carbonyl (C=O) groups excluding carboxylic acids is 2. The lowest BCUT2D eigenvalue weighted by molar-refractivity contribution is -0.167. The number of hydrogen-bond acceptors (Lipinski definition) is 4. The summed E-state index contributed by atoms with van der Waals surface area (Å²) in [6.45, 7) is 1.54. The van der Waals surface area contributed by atoms with Crippen molar-refractivity contribution in [3.63, 3.8) is 0 Å². The average molecular weight is 266 g/mol. The van der Waals surface area contributed by atoms with E-state index in [1.807, 2.05) is 0 Å². The van der Waals surface area contributed by atoms with Gasteiger partial charge in [0.25, 0.3) is 0 Å². The van der Waals surface area contributed by atoms with Gasteiger partial charge in [-0.05, 0) is 50.7 Å². The van der Waals surface area contributed by atoms with Crippen LogP contribution in [0.1, 0.15) is 45.4 Å². The SMILES string of the molecule is COC(=O)C(C)(CC=C=C1CCCCC1)C(=O)OC. The quantitative estimate of drug-likeness (QED) is 0.446. The van der Waals surface area contributed by atoms with E-state index in [4.69, 9.17) is 0 Å². The normalized spacial score (nSPS) is 15.4. The summed E-state index contributed by atoms with van der Waals surface area (Å²) in [7, 11) is 2.54. The van der Waals surface area contributed by atoms with Crippen LogP contribution in [0.5, 0.6) is 0 Å². The molecular weight excluding hydrogens is 244 g/mol. The summed E-state index contributed by atoms with van der Waals surface area (Å²) in [4.78, 5) is 23.5. The van der Waals surface area contributed by atoms with Crippen LogP contribution in [0.2, 0.25) is 0 Å². The van der Waals surface area contributed by atoms with E-state index in [0.717, 1.165) is 12.8 Å². The Kier molecular flexibility index (Phi) is 5.84. The molecule has 4 heteroatoms. The van der Waals surface area contributed by atoms with Crippen molar-refractivity contribution < 1.29 is 19.1 Å². The van der Waals surface area contributed by atoms with Gasteiger partial charge in [-0.1, -0.05) is 6.42 Å². The predicted octanol–water partition coefficient (Wildman–Crippen LogP) is 2.77. The van der Waals surface area contributed by atoms with Gasteiger partial charge < -0.3 is 9.47 Å². The largest absolute Gasteiger partial charge is 0.468 e. The van der Waals surface area contributed by atoms with Gasteiger partial charge in [-0.25, -0.2) is 0 Å². The fraction of sp³-hybridized carbons (Fsp3) is 0.667. The second-order valence-electron chi connectivity index (χ2n) is 5.03. The minimum Gasteiger partial charge on any atom is -0.468 e. The van der Waals surface area contributed by atoms with Crippen LogP contribution in [0.3, 0.4) is 0 Å². The van der Waals surface area contributed by atoms with Gasteiger partial charge in [-0.3, -0.25) is 9.59 Å². The standard InChI is InChI=1S/C15H22O4/c1-15(13(16)18-2,14(17)19-3)11-7-10-12-8-5-4-6-9-12/h7H,4-6,8-9,11H2,1-3H3. The molecule has 0 atom stereocenters. The summed E-state index contributed by atoms with van der Waals surface area (Å²) in [5.41, 5.74) is 3.19. The molecule has 0 aromatic heterocycles. The third-order valence-corrected chi connectivity index (χ3v) is 3.55. The zero-order valence-corrected chi connectivity index (χ0v) is 12.0. The van der Waals surface area contributed by atoms with Crippen molar-refractivity contribution in [2.24, 2.45) is 5.41 Å². The van der Waals surface area contributed by atoms with Crippen molar-refractivity contribution in [3.05, 3.63) is 17.4 Å². The summed E-state index contributed by atoms with van der Waals surface area (Å²) in [6, 6.07) is 0. The Balaban J connectivity index is 2.81. The van der Waals surface area contributed by atoms with Gasteiger partial charge >= 0.3 is 11.9 Å². The Morgan fingerprint density at radius 3 is 2.16 bits per heavy atom. The zero-order valence-electron chi connectivity index (χ0n) is 12.0. The predicted molar refractivity (Wildman–Crippen MR) is 71.4 cm³/mol. The van der Waals surface area contributed by atoms with Gasteiger partial charge in [0.15, 0.2) is 5.41 Å². The van der Waals surface area contributed by atoms with E-state index in [1.54, 1.807) is 6.08 Å². The second kappa shape index (κ2) is 7.15. The number of allylic oxidation sites excluding steroid dienone is 1. The van der Waals surface area contributed by atoms with Crippen molar-refractivity contribution >= 4 is 11.9 Å². The Labute approximate surface area is 114 Å². The van der Waals surface area contributed by atoms with Crippen LogP contribution in [-0.2, 0) is 19.1 Å². The van der Waals surface area contributed by atoms with E-state index in [2.05, 4.69) is 15.2 Å². The van der Waals surface area contributed by atoms with Crippen LogP contribution in [0, 0.1) is 5.41 Å². The van der Waals surface area contributed by atoms with E-state index in [9.17, 15) is 9.59 Å². The highest BCUT2D eigenvalue weighted by Crippen LogP contribution is 2.26. The third-order valence-electron chi connectivity index (χ3n) is 3.55. The first kappa shape index (κ1) is 15.5. The van der Waals surface area contributed by atoms with Gasteiger partial charge in [0.05, 0.1) is 14.2 Å². The Bertz CT molecular complexity index is 378. The summed E-state index contributed by atoms with van der Waals surface area (Å²) in [6.07, 6.45) is 7.79. The fourth-order valence-electron chi connectivity index (χ4n) is 2.22. The number of carbonyl (C=O) groups is 2. The molecule has 0 aromatic carbocycles. The summed E-state index contributed by atoms with van der Waals surface area (Å²) in [5.74, 6) is -1.16. The molecule has 0 saturated heterocycles. The maximum Gasteiger partial charge on any atom is 0.323 e. The number of rotatable bonds is 4. The molecule has 0 aliphatic heterocycles. The van der Waals surface area contributed by atoms with Gasteiger partial charge in [0.2, 0.25) is 0 Å². The minimum absolute atomic E-state index is 0.246. The van der Waals surface area contributed by atoms with E-state index in [1.165, 1.54) is 46.0 Å². The molecule has 1 aliphatic rings.